The van der Waals surface area contributed by atoms with Crippen LogP contribution in [-0.2, 0) is 4.74 Å². The number of pyridine rings is 1. The zero-order valence-electron chi connectivity index (χ0n) is 13.6. The maximum atomic E-state index is 12.4. The second-order valence-electron chi connectivity index (χ2n) is 5.35. The number of nitrogens with zero attached hydrogens (tertiary/aromatic N) is 3. The largest absolute Gasteiger partial charge is 0.618 e. The van der Waals surface area contributed by atoms with Crippen LogP contribution in [-0.4, -0.2) is 27.9 Å². The summed E-state index contributed by atoms with van der Waals surface area (Å²) in [7, 11) is 0. The van der Waals surface area contributed by atoms with Gasteiger partial charge in [-0.25, -0.2) is 9.78 Å². The first kappa shape index (κ1) is 16.8. The van der Waals surface area contributed by atoms with Gasteiger partial charge in [-0.15, -0.1) is 11.3 Å². The van der Waals surface area contributed by atoms with Crippen molar-refractivity contribution in [3.8, 4) is 5.13 Å². The van der Waals surface area contributed by atoms with Crippen LogP contribution in [0.3, 0.4) is 0 Å². The van der Waals surface area contributed by atoms with E-state index in [1.807, 2.05) is 23.8 Å². The van der Waals surface area contributed by atoms with E-state index in [0.717, 1.165) is 16.5 Å². The van der Waals surface area contributed by atoms with Crippen LogP contribution in [0.4, 0.5) is 0 Å². The molecule has 7 nitrogen and oxygen atoms in total. The average Bonchev–Trinajstić information content (AvgIpc) is 3.20. The Balaban J connectivity index is 1.75. The number of thiazole rings is 1. The highest BCUT2D eigenvalue weighted by molar-refractivity contribution is 7.12. The molecular weight excluding hydrogens is 342 g/mol. The Morgan fingerprint density at radius 2 is 2.16 bits per heavy atom. The van der Waals surface area contributed by atoms with Crippen molar-refractivity contribution in [2.45, 2.75) is 13.8 Å². The topological polar surface area (TPSA) is 88.1 Å². The molecule has 3 rings (SSSR count). The summed E-state index contributed by atoms with van der Waals surface area (Å²) in [5.41, 5.74) is 1.89. The van der Waals surface area contributed by atoms with Gasteiger partial charge in [-0.05, 0) is 26.0 Å². The summed E-state index contributed by atoms with van der Waals surface area (Å²) < 4.78 is 7.27. The summed E-state index contributed by atoms with van der Waals surface area (Å²) in [5, 5.41) is 14.2. The van der Waals surface area contributed by atoms with Gasteiger partial charge in [-0.2, -0.15) is 4.73 Å². The van der Waals surface area contributed by atoms with Gasteiger partial charge in [-0.1, -0.05) is 0 Å². The Kier molecular flexibility index (Phi) is 4.62. The predicted molar refractivity (Wildman–Crippen MR) is 90.9 cm³/mol. The van der Waals surface area contributed by atoms with E-state index in [4.69, 9.17) is 4.74 Å². The quantitative estimate of drug-likeness (QED) is 0.302. The minimum atomic E-state index is -0.835. The normalized spacial score (nSPS) is 10.6. The molecule has 25 heavy (non-hydrogen) atoms. The lowest BCUT2D eigenvalue weighted by Crippen LogP contribution is -2.35. The summed E-state index contributed by atoms with van der Waals surface area (Å²) >= 11 is 1.46. The Morgan fingerprint density at radius 1 is 1.36 bits per heavy atom. The number of aromatic nitrogens is 3. The first-order chi connectivity index (χ1) is 12.0. The SMILES string of the molecule is Cc1cc(C(=O)COC(=O)c2cccc[n+]2[O-])c(C)n1-c1nccs1. The highest BCUT2D eigenvalue weighted by Gasteiger charge is 2.22. The molecule has 0 saturated carbocycles. The van der Waals surface area contributed by atoms with Crippen molar-refractivity contribution in [3.05, 3.63) is 69.9 Å². The van der Waals surface area contributed by atoms with E-state index in [0.29, 0.717) is 10.3 Å². The third-order valence-corrected chi connectivity index (χ3v) is 4.47. The van der Waals surface area contributed by atoms with E-state index >= 15 is 0 Å². The lowest BCUT2D eigenvalue weighted by Gasteiger charge is -2.06. The van der Waals surface area contributed by atoms with E-state index < -0.39 is 12.6 Å². The molecule has 128 valence electrons. The van der Waals surface area contributed by atoms with Gasteiger partial charge in [0, 0.05) is 40.7 Å². The number of ketones is 1. The minimum absolute atomic E-state index is 0.163. The van der Waals surface area contributed by atoms with Gasteiger partial charge in [0.2, 0.25) is 5.78 Å². The molecule has 0 aliphatic rings. The maximum absolute atomic E-state index is 12.4. The lowest BCUT2D eigenvalue weighted by atomic mass is 10.1. The van der Waals surface area contributed by atoms with Crippen molar-refractivity contribution >= 4 is 23.1 Å². The molecule has 3 aromatic heterocycles. The highest BCUT2D eigenvalue weighted by Crippen LogP contribution is 2.22. The molecule has 0 bridgehead atoms. The van der Waals surface area contributed by atoms with E-state index in [1.165, 1.54) is 29.7 Å². The second kappa shape index (κ2) is 6.86. The molecule has 0 fully saturated rings. The number of esters is 1. The monoisotopic (exact) mass is 357 g/mol. The smallest absolute Gasteiger partial charge is 0.405 e. The van der Waals surface area contributed by atoms with Crippen LogP contribution in [0.2, 0.25) is 0 Å². The van der Waals surface area contributed by atoms with Crippen LogP contribution < -0.4 is 4.73 Å². The third kappa shape index (κ3) is 3.29. The molecule has 0 aromatic carbocycles. The number of hydrogen-bond donors (Lipinski definition) is 0. The van der Waals surface area contributed by atoms with Crippen LogP contribution >= 0.6 is 11.3 Å². The number of aryl methyl sites for hydroxylation is 1. The summed E-state index contributed by atoms with van der Waals surface area (Å²) in [4.78, 5) is 28.6. The van der Waals surface area contributed by atoms with Gasteiger partial charge in [0.25, 0.3) is 0 Å². The third-order valence-electron chi connectivity index (χ3n) is 3.71. The van der Waals surface area contributed by atoms with Crippen LogP contribution in [0.15, 0.2) is 42.0 Å². The fourth-order valence-corrected chi connectivity index (χ4v) is 3.29. The molecule has 8 heteroatoms. The average molecular weight is 357 g/mol. The number of hydrogen-bond acceptors (Lipinski definition) is 6. The minimum Gasteiger partial charge on any atom is -0.618 e. The van der Waals surface area contributed by atoms with Crippen LogP contribution in [0, 0.1) is 19.1 Å². The molecule has 3 heterocycles. The van der Waals surface area contributed by atoms with Crippen molar-refractivity contribution in [1.29, 1.82) is 0 Å². The second-order valence-corrected chi connectivity index (χ2v) is 6.22. The van der Waals surface area contributed by atoms with Gasteiger partial charge in [0.05, 0.1) is 0 Å². The fourth-order valence-electron chi connectivity index (χ4n) is 2.53. The number of rotatable bonds is 5. The van der Waals surface area contributed by atoms with Gasteiger partial charge >= 0.3 is 11.7 Å². The molecule has 3 aromatic rings. The Bertz CT molecular complexity index is 932. The summed E-state index contributed by atoms with van der Waals surface area (Å²) in [6, 6.07) is 6.13. The first-order valence-electron chi connectivity index (χ1n) is 7.46. The molecule has 0 aliphatic carbocycles. The molecule has 0 saturated heterocycles. The number of Topliss-reactive ketones (excluding diaryl/α,β-unsaturated/α-hetero) is 1. The Hall–Kier alpha value is -3.00. The molecule has 0 amide bonds. The summed E-state index contributed by atoms with van der Waals surface area (Å²) in [6.45, 7) is 3.25. The van der Waals surface area contributed by atoms with Gasteiger partial charge < -0.3 is 9.94 Å². The number of carbonyl (C=O) groups is 2. The molecular formula is C17H15N3O4S. The molecule has 0 N–H and O–H groups in total. The van der Waals surface area contributed by atoms with Crippen molar-refractivity contribution in [1.82, 2.24) is 9.55 Å². The van der Waals surface area contributed by atoms with Crippen molar-refractivity contribution < 1.29 is 19.1 Å². The van der Waals surface area contributed by atoms with Gasteiger partial charge in [-0.3, -0.25) is 9.36 Å². The zero-order chi connectivity index (χ0) is 18.0. The van der Waals surface area contributed by atoms with E-state index in [9.17, 15) is 14.8 Å². The predicted octanol–water partition coefficient (Wildman–Crippen LogP) is 2.22. The molecule has 0 unspecified atom stereocenters. The number of ether oxygens (including phenoxy) is 1. The van der Waals surface area contributed by atoms with Gasteiger partial charge in [0.15, 0.2) is 17.9 Å². The molecule has 0 aliphatic heterocycles. The fraction of sp³-hybridized carbons (Fsp3) is 0.176. The van der Waals surface area contributed by atoms with E-state index in [1.54, 1.807) is 18.3 Å². The standard InChI is InChI=1S/C17H15N3O4S/c1-11-9-13(12(2)20(11)17-18-6-8-25-17)15(21)10-24-16(22)14-5-3-4-7-19(14)23/h3-9H,10H2,1-2H3. The van der Waals surface area contributed by atoms with Crippen LogP contribution in [0.5, 0.6) is 0 Å². The van der Waals surface area contributed by atoms with Gasteiger partial charge in [0.1, 0.15) is 0 Å². The summed E-state index contributed by atoms with van der Waals surface area (Å²) in [5.74, 6) is -1.17. The number of carbonyl (C=O) groups excluding carboxylic acids is 2. The molecule has 0 spiro atoms. The van der Waals surface area contributed by atoms with Crippen LogP contribution in [0.25, 0.3) is 5.13 Å². The Labute approximate surface area is 147 Å². The highest BCUT2D eigenvalue weighted by atomic mass is 32.1. The van der Waals surface area contributed by atoms with Crippen molar-refractivity contribution in [2.75, 3.05) is 6.61 Å². The van der Waals surface area contributed by atoms with Crippen molar-refractivity contribution in [2.24, 2.45) is 0 Å². The lowest BCUT2D eigenvalue weighted by molar-refractivity contribution is -0.608. The van der Waals surface area contributed by atoms with E-state index in [-0.39, 0.29) is 11.5 Å². The summed E-state index contributed by atoms with van der Waals surface area (Å²) in [6.07, 6.45) is 2.89. The Morgan fingerprint density at radius 3 is 2.84 bits per heavy atom. The zero-order valence-corrected chi connectivity index (χ0v) is 14.4. The molecule has 0 radical (unpaired) electrons. The van der Waals surface area contributed by atoms with E-state index in [2.05, 4.69) is 4.98 Å². The van der Waals surface area contributed by atoms with Crippen molar-refractivity contribution in [3.63, 3.8) is 0 Å². The first-order valence-corrected chi connectivity index (χ1v) is 8.34. The maximum Gasteiger partial charge on any atom is 0.405 e. The van der Waals surface area contributed by atoms with Crippen LogP contribution in [0.1, 0.15) is 32.2 Å². The molecule has 0 atom stereocenters.